The molecule has 0 N–H and O–H groups in total. The van der Waals surface area contributed by atoms with E-state index in [1.54, 1.807) is 12.1 Å². The smallest absolute Gasteiger partial charge is 0.387 e. The van der Waals surface area contributed by atoms with Crippen molar-refractivity contribution in [3.05, 3.63) is 36.7 Å². The van der Waals surface area contributed by atoms with Gasteiger partial charge in [0.05, 0.1) is 11.9 Å². The van der Waals surface area contributed by atoms with Crippen LogP contribution in [0.3, 0.4) is 0 Å². The van der Waals surface area contributed by atoms with Gasteiger partial charge in [0.1, 0.15) is 11.9 Å². The lowest BCUT2D eigenvalue weighted by molar-refractivity contribution is -0.0498. The lowest BCUT2D eigenvalue weighted by Crippen LogP contribution is -2.02. The lowest BCUT2D eigenvalue weighted by atomic mass is 10.3. The minimum absolute atomic E-state index is 0.109. The summed E-state index contributed by atoms with van der Waals surface area (Å²) in [5.41, 5.74) is 0.699. The van der Waals surface area contributed by atoms with Crippen molar-refractivity contribution in [3.63, 3.8) is 0 Å². The van der Waals surface area contributed by atoms with Crippen molar-refractivity contribution in [1.29, 1.82) is 0 Å². The van der Waals surface area contributed by atoms with Gasteiger partial charge in [-0.3, -0.25) is 0 Å². The Morgan fingerprint density at radius 2 is 2.00 bits per heavy atom. The van der Waals surface area contributed by atoms with Crippen LogP contribution in [0.1, 0.15) is 0 Å². The van der Waals surface area contributed by atoms with E-state index in [4.69, 9.17) is 0 Å². The van der Waals surface area contributed by atoms with Crippen molar-refractivity contribution < 1.29 is 13.5 Å². The molecule has 0 bridgehead atoms. The van der Waals surface area contributed by atoms with E-state index in [-0.39, 0.29) is 5.75 Å². The monoisotopic (exact) mass is 210 g/mol. The van der Waals surface area contributed by atoms with Crippen LogP contribution in [0.15, 0.2) is 30.5 Å². The Morgan fingerprint density at radius 3 is 2.53 bits per heavy atom. The van der Waals surface area contributed by atoms with E-state index in [9.17, 15) is 8.78 Å². The van der Waals surface area contributed by atoms with Gasteiger partial charge in [0.15, 0.2) is 0 Å². The van der Waals surface area contributed by atoms with Crippen LogP contribution in [0.4, 0.5) is 8.78 Å². The molecular formula is C9H6F2N3O. The molecule has 0 amide bonds. The molecule has 0 fully saturated rings. The van der Waals surface area contributed by atoms with Gasteiger partial charge in [-0.25, -0.2) is 4.68 Å². The quantitative estimate of drug-likeness (QED) is 0.773. The standard InChI is InChI=1S/C9H6F2N3O/c10-9(11)15-8-3-1-7(2-4-8)14-6-5-12-13-14/h1-4,6,9H. The number of aromatic nitrogens is 3. The fourth-order valence-corrected chi connectivity index (χ4v) is 1.09. The van der Waals surface area contributed by atoms with Crippen LogP contribution in [0.25, 0.3) is 5.69 Å². The van der Waals surface area contributed by atoms with Crippen molar-refractivity contribution in [2.24, 2.45) is 0 Å². The Kier molecular flexibility index (Phi) is 2.57. The van der Waals surface area contributed by atoms with Crippen LogP contribution in [0.5, 0.6) is 5.75 Å². The minimum atomic E-state index is -2.81. The van der Waals surface area contributed by atoms with Crippen LogP contribution in [-0.2, 0) is 0 Å². The number of hydrogen-bond donors (Lipinski definition) is 0. The number of alkyl halides is 2. The predicted octanol–water partition coefficient (Wildman–Crippen LogP) is 1.67. The number of benzene rings is 1. The minimum Gasteiger partial charge on any atom is -0.435 e. The molecule has 0 spiro atoms. The Balaban J connectivity index is 2.17. The molecule has 2 rings (SSSR count). The van der Waals surface area contributed by atoms with Crippen LogP contribution < -0.4 is 4.74 Å². The summed E-state index contributed by atoms with van der Waals surface area (Å²) in [6, 6.07) is 6.06. The fourth-order valence-electron chi connectivity index (χ4n) is 1.09. The molecule has 4 nitrogen and oxygen atoms in total. The zero-order valence-electron chi connectivity index (χ0n) is 7.47. The van der Waals surface area contributed by atoms with E-state index in [1.807, 2.05) is 0 Å². The first kappa shape index (κ1) is 9.57. The number of rotatable bonds is 3. The van der Waals surface area contributed by atoms with Gasteiger partial charge >= 0.3 is 6.61 Å². The summed E-state index contributed by atoms with van der Waals surface area (Å²) in [4.78, 5) is 0. The SMILES string of the molecule is FC(F)Oc1ccc(-n2c[c]nn2)cc1. The molecule has 6 heteroatoms. The predicted molar refractivity (Wildman–Crippen MR) is 46.8 cm³/mol. The molecule has 0 aliphatic heterocycles. The van der Waals surface area contributed by atoms with Crippen molar-refractivity contribution in [3.8, 4) is 11.4 Å². The van der Waals surface area contributed by atoms with Gasteiger partial charge in [0, 0.05) is 0 Å². The first-order valence-electron chi connectivity index (χ1n) is 4.09. The molecule has 0 atom stereocenters. The summed E-state index contributed by atoms with van der Waals surface area (Å²) < 4.78 is 29.3. The van der Waals surface area contributed by atoms with E-state index < -0.39 is 6.61 Å². The van der Waals surface area contributed by atoms with E-state index in [2.05, 4.69) is 21.2 Å². The summed E-state index contributed by atoms with van der Waals surface area (Å²) in [5.74, 6) is 0.109. The maximum Gasteiger partial charge on any atom is 0.387 e. The first-order valence-corrected chi connectivity index (χ1v) is 4.09. The lowest BCUT2D eigenvalue weighted by Gasteiger charge is -2.04. The second-order valence-corrected chi connectivity index (χ2v) is 2.66. The average molecular weight is 210 g/mol. The second kappa shape index (κ2) is 4.04. The van der Waals surface area contributed by atoms with Crippen molar-refractivity contribution in [2.45, 2.75) is 6.61 Å². The van der Waals surface area contributed by atoms with Gasteiger partial charge in [0.2, 0.25) is 0 Å². The van der Waals surface area contributed by atoms with Crippen LogP contribution >= 0.6 is 0 Å². The van der Waals surface area contributed by atoms with E-state index in [0.29, 0.717) is 5.69 Å². The van der Waals surface area contributed by atoms with Gasteiger partial charge < -0.3 is 4.74 Å². The summed E-state index contributed by atoms with van der Waals surface area (Å²) in [6.07, 6.45) is 4.06. The van der Waals surface area contributed by atoms with Crippen LogP contribution in [0, 0.1) is 6.20 Å². The highest BCUT2D eigenvalue weighted by Crippen LogP contribution is 2.16. The zero-order chi connectivity index (χ0) is 10.7. The van der Waals surface area contributed by atoms with Gasteiger partial charge in [-0.15, -0.1) is 5.10 Å². The van der Waals surface area contributed by atoms with Crippen LogP contribution in [-0.4, -0.2) is 21.6 Å². The highest BCUT2D eigenvalue weighted by Gasteiger charge is 2.04. The Labute approximate surface area is 84.1 Å². The molecule has 1 radical (unpaired) electrons. The van der Waals surface area contributed by atoms with Crippen LogP contribution in [0.2, 0.25) is 0 Å². The molecule has 15 heavy (non-hydrogen) atoms. The van der Waals surface area contributed by atoms with E-state index in [0.717, 1.165) is 0 Å². The summed E-state index contributed by atoms with van der Waals surface area (Å²) in [7, 11) is 0. The number of halogens is 2. The number of nitrogens with zero attached hydrogens (tertiary/aromatic N) is 3. The van der Waals surface area contributed by atoms with Gasteiger partial charge in [-0.1, -0.05) is 5.21 Å². The third kappa shape index (κ3) is 2.28. The molecule has 1 aromatic carbocycles. The van der Waals surface area contributed by atoms with Gasteiger partial charge in [-0.05, 0) is 24.3 Å². The summed E-state index contributed by atoms with van der Waals surface area (Å²) in [6.45, 7) is -2.81. The maximum atomic E-state index is 11.8. The van der Waals surface area contributed by atoms with E-state index in [1.165, 1.54) is 23.0 Å². The number of ether oxygens (including phenoxy) is 1. The second-order valence-electron chi connectivity index (χ2n) is 2.66. The summed E-state index contributed by atoms with van der Waals surface area (Å²) in [5, 5.41) is 7.21. The molecule has 0 aliphatic carbocycles. The van der Waals surface area contributed by atoms with Crippen molar-refractivity contribution in [2.75, 3.05) is 0 Å². The third-order valence-corrected chi connectivity index (χ3v) is 1.71. The molecule has 0 saturated heterocycles. The Hall–Kier alpha value is -1.98. The third-order valence-electron chi connectivity index (χ3n) is 1.71. The highest BCUT2D eigenvalue weighted by molar-refractivity contribution is 5.36. The zero-order valence-corrected chi connectivity index (χ0v) is 7.47. The Morgan fingerprint density at radius 1 is 1.27 bits per heavy atom. The van der Waals surface area contributed by atoms with E-state index >= 15 is 0 Å². The number of hydrogen-bond acceptors (Lipinski definition) is 3. The Bertz CT molecular complexity index is 413. The molecule has 0 aliphatic rings. The van der Waals surface area contributed by atoms with Crippen molar-refractivity contribution in [1.82, 2.24) is 15.0 Å². The molecule has 1 aromatic heterocycles. The first-order chi connectivity index (χ1) is 7.25. The van der Waals surface area contributed by atoms with Gasteiger partial charge in [0.25, 0.3) is 0 Å². The van der Waals surface area contributed by atoms with Crippen molar-refractivity contribution >= 4 is 0 Å². The molecule has 0 saturated carbocycles. The topological polar surface area (TPSA) is 39.9 Å². The molecule has 0 unspecified atom stereocenters. The molecular weight excluding hydrogens is 204 g/mol. The molecule has 77 valence electrons. The largest absolute Gasteiger partial charge is 0.435 e. The molecule has 1 heterocycles. The molecule has 2 aromatic rings. The van der Waals surface area contributed by atoms with Gasteiger partial charge in [-0.2, -0.15) is 8.78 Å². The summed E-state index contributed by atoms with van der Waals surface area (Å²) >= 11 is 0. The highest BCUT2D eigenvalue weighted by atomic mass is 19.3. The normalized spacial score (nSPS) is 10.6. The maximum absolute atomic E-state index is 11.8. The fraction of sp³-hybridized carbons (Fsp3) is 0.111. The average Bonchev–Trinajstić information content (AvgIpc) is 2.71.